The number of carbonyl (C=O) groups excluding carboxylic acids is 2. The van der Waals surface area contributed by atoms with Crippen molar-refractivity contribution in [3.05, 3.63) is 88.0 Å². The van der Waals surface area contributed by atoms with Crippen molar-refractivity contribution in [2.24, 2.45) is 0 Å². The van der Waals surface area contributed by atoms with Crippen molar-refractivity contribution in [2.45, 2.75) is 51.6 Å². The lowest BCUT2D eigenvalue weighted by molar-refractivity contribution is 0.0609. The molecule has 1 fully saturated rings. The topological polar surface area (TPSA) is 97.4 Å². The van der Waals surface area contributed by atoms with E-state index < -0.39 is 11.3 Å². The summed E-state index contributed by atoms with van der Waals surface area (Å²) < 4.78 is 7.11. The minimum Gasteiger partial charge on any atom is -0.467 e. The van der Waals surface area contributed by atoms with Crippen LogP contribution >= 0.6 is 0 Å². The molecule has 1 aliphatic rings. The number of pyridine rings is 2. The highest BCUT2D eigenvalue weighted by Crippen LogP contribution is 2.31. The summed E-state index contributed by atoms with van der Waals surface area (Å²) in [5, 5.41) is 2.80. The van der Waals surface area contributed by atoms with Gasteiger partial charge in [-0.05, 0) is 49.4 Å². The second kappa shape index (κ2) is 11.0. The Balaban J connectivity index is 1.71. The molecular weight excluding hydrogens is 432 g/mol. The number of likely N-dealkylation sites (tertiary alicyclic amines) is 1. The van der Waals surface area contributed by atoms with E-state index in [1.807, 2.05) is 25.1 Å². The summed E-state index contributed by atoms with van der Waals surface area (Å²) in [5.41, 5.74) is 0.346. The van der Waals surface area contributed by atoms with Crippen molar-refractivity contribution in [1.29, 1.82) is 0 Å². The summed E-state index contributed by atoms with van der Waals surface area (Å²) in [6, 6.07) is 7.23. The van der Waals surface area contributed by atoms with Crippen molar-refractivity contribution in [1.82, 2.24) is 19.8 Å². The lowest BCUT2D eigenvalue weighted by Crippen LogP contribution is -2.42. The van der Waals surface area contributed by atoms with Crippen molar-refractivity contribution >= 4 is 11.8 Å². The molecule has 1 saturated heterocycles. The van der Waals surface area contributed by atoms with Gasteiger partial charge in [0.1, 0.15) is 16.9 Å². The van der Waals surface area contributed by atoms with Crippen LogP contribution in [0.1, 0.15) is 77.1 Å². The van der Waals surface area contributed by atoms with E-state index in [1.54, 1.807) is 34.2 Å². The summed E-state index contributed by atoms with van der Waals surface area (Å²) in [7, 11) is 0. The number of hydrogen-bond acceptors (Lipinski definition) is 5. The number of rotatable bonds is 8. The zero-order valence-corrected chi connectivity index (χ0v) is 19.4. The Morgan fingerprint density at radius 1 is 1.18 bits per heavy atom. The predicted molar refractivity (Wildman–Crippen MR) is 128 cm³/mol. The van der Waals surface area contributed by atoms with Gasteiger partial charge in [-0.15, -0.1) is 0 Å². The van der Waals surface area contributed by atoms with Crippen LogP contribution in [-0.4, -0.2) is 39.4 Å². The molecule has 3 aromatic heterocycles. The molecule has 4 rings (SSSR count). The van der Waals surface area contributed by atoms with Crippen molar-refractivity contribution in [2.75, 3.05) is 13.1 Å². The molecule has 0 radical (unpaired) electrons. The lowest BCUT2D eigenvalue weighted by Gasteiger charge is -2.36. The van der Waals surface area contributed by atoms with E-state index >= 15 is 0 Å². The summed E-state index contributed by atoms with van der Waals surface area (Å²) >= 11 is 0. The van der Waals surface area contributed by atoms with Crippen LogP contribution in [0.3, 0.4) is 0 Å². The Labute approximate surface area is 198 Å². The number of carbonyl (C=O) groups is 2. The van der Waals surface area contributed by atoms with Crippen molar-refractivity contribution < 1.29 is 14.0 Å². The Bertz CT molecular complexity index is 1170. The van der Waals surface area contributed by atoms with Gasteiger partial charge in [-0.2, -0.15) is 0 Å². The number of nitrogens with zero attached hydrogens (tertiary/aromatic N) is 3. The number of piperidine rings is 1. The molecule has 34 heavy (non-hydrogen) atoms. The number of unbranched alkanes of at least 4 members (excludes halogenated alkanes) is 1. The summed E-state index contributed by atoms with van der Waals surface area (Å²) in [4.78, 5) is 45.9. The van der Waals surface area contributed by atoms with E-state index in [-0.39, 0.29) is 23.1 Å². The third-order valence-electron chi connectivity index (χ3n) is 6.12. The number of hydrogen-bond donors (Lipinski definition) is 1. The maximum Gasteiger partial charge on any atom is 0.259 e. The molecule has 8 heteroatoms. The number of amides is 2. The first-order chi connectivity index (χ1) is 16.6. The average molecular weight is 463 g/mol. The lowest BCUT2D eigenvalue weighted by atomic mass is 9.95. The summed E-state index contributed by atoms with van der Waals surface area (Å²) in [6.45, 7) is 3.34. The second-order valence-electron chi connectivity index (χ2n) is 8.57. The first kappa shape index (κ1) is 23.5. The van der Waals surface area contributed by atoms with Gasteiger partial charge in [0, 0.05) is 37.9 Å². The standard InChI is InChI=1S/C26H30N4O4/c1-2-3-12-28-25(32)21-17-29(16-20-9-7-14-34-20)18-22(24(21)31)26(33)30-13-5-4-10-23(30)19-8-6-11-27-15-19/h6-9,11,14-15,17-18,23H,2-5,10,12-13,16H2,1H3,(H,28,32). The third kappa shape index (κ3) is 5.27. The van der Waals surface area contributed by atoms with Gasteiger partial charge in [-0.25, -0.2) is 0 Å². The van der Waals surface area contributed by atoms with Crippen LogP contribution in [0.2, 0.25) is 0 Å². The molecule has 8 nitrogen and oxygen atoms in total. The monoisotopic (exact) mass is 462 g/mol. The minimum absolute atomic E-state index is 0.00881. The van der Waals surface area contributed by atoms with Crippen LogP contribution in [-0.2, 0) is 6.54 Å². The largest absolute Gasteiger partial charge is 0.467 e. The first-order valence-electron chi connectivity index (χ1n) is 11.8. The third-order valence-corrected chi connectivity index (χ3v) is 6.12. The maximum atomic E-state index is 13.7. The molecule has 0 bridgehead atoms. The van der Waals surface area contributed by atoms with Crippen molar-refractivity contribution in [3.63, 3.8) is 0 Å². The molecule has 1 N–H and O–H groups in total. The average Bonchev–Trinajstić information content (AvgIpc) is 3.38. The molecule has 1 aliphatic heterocycles. The number of furan rings is 1. The molecule has 0 saturated carbocycles. The zero-order chi connectivity index (χ0) is 23.9. The Morgan fingerprint density at radius 2 is 2.03 bits per heavy atom. The molecule has 0 aliphatic carbocycles. The molecule has 2 amide bonds. The molecule has 1 atom stereocenters. The van der Waals surface area contributed by atoms with E-state index in [4.69, 9.17) is 4.42 Å². The van der Waals surface area contributed by atoms with E-state index in [9.17, 15) is 14.4 Å². The molecule has 0 aromatic carbocycles. The normalized spacial score (nSPS) is 15.8. The zero-order valence-electron chi connectivity index (χ0n) is 19.4. The SMILES string of the molecule is CCCCNC(=O)c1cn(Cc2ccco2)cc(C(=O)N2CCCCC2c2cccnc2)c1=O. The summed E-state index contributed by atoms with van der Waals surface area (Å²) in [5.74, 6) is -0.177. The maximum absolute atomic E-state index is 13.7. The van der Waals surface area contributed by atoms with Gasteiger partial charge in [-0.3, -0.25) is 19.4 Å². The van der Waals surface area contributed by atoms with E-state index in [2.05, 4.69) is 10.3 Å². The Morgan fingerprint density at radius 3 is 2.76 bits per heavy atom. The molecular formula is C26H30N4O4. The van der Waals surface area contributed by atoms with Crippen LogP contribution in [0.5, 0.6) is 0 Å². The highest BCUT2D eigenvalue weighted by atomic mass is 16.3. The smallest absolute Gasteiger partial charge is 0.259 e. The van der Waals surface area contributed by atoms with Crippen LogP contribution < -0.4 is 10.7 Å². The molecule has 0 spiro atoms. The fourth-order valence-corrected chi connectivity index (χ4v) is 4.34. The van der Waals surface area contributed by atoms with E-state index in [0.29, 0.717) is 25.4 Å². The quantitative estimate of drug-likeness (QED) is 0.514. The number of nitrogens with one attached hydrogen (secondary N) is 1. The number of aromatic nitrogens is 2. The second-order valence-corrected chi connectivity index (χ2v) is 8.57. The van der Waals surface area contributed by atoms with Crippen LogP contribution in [0.4, 0.5) is 0 Å². The first-order valence-corrected chi connectivity index (χ1v) is 11.8. The highest BCUT2D eigenvalue weighted by molar-refractivity contribution is 5.99. The minimum atomic E-state index is -0.551. The van der Waals surface area contributed by atoms with Gasteiger partial charge >= 0.3 is 0 Å². The van der Waals surface area contributed by atoms with Gasteiger partial charge in [-0.1, -0.05) is 19.4 Å². The molecule has 4 heterocycles. The fourth-order valence-electron chi connectivity index (χ4n) is 4.34. The summed E-state index contributed by atoms with van der Waals surface area (Å²) in [6.07, 6.45) is 12.5. The van der Waals surface area contributed by atoms with E-state index in [1.165, 1.54) is 12.4 Å². The van der Waals surface area contributed by atoms with Gasteiger partial charge in [0.05, 0.1) is 18.8 Å². The van der Waals surface area contributed by atoms with Gasteiger partial charge in [0.2, 0.25) is 5.43 Å². The molecule has 3 aromatic rings. The van der Waals surface area contributed by atoms with Crippen LogP contribution in [0.25, 0.3) is 0 Å². The van der Waals surface area contributed by atoms with Gasteiger partial charge in [0.15, 0.2) is 0 Å². The Hall–Kier alpha value is -3.68. The molecule has 178 valence electrons. The highest BCUT2D eigenvalue weighted by Gasteiger charge is 2.31. The predicted octanol–water partition coefficient (Wildman–Crippen LogP) is 3.78. The fraction of sp³-hybridized carbons (Fsp3) is 0.385. The van der Waals surface area contributed by atoms with Crippen LogP contribution in [0.15, 0.2) is 64.5 Å². The van der Waals surface area contributed by atoms with E-state index in [0.717, 1.165) is 37.7 Å². The van der Waals surface area contributed by atoms with Gasteiger partial charge < -0.3 is 19.2 Å². The Kier molecular flexibility index (Phi) is 7.57. The molecule has 1 unspecified atom stereocenters. The van der Waals surface area contributed by atoms with Gasteiger partial charge in [0.25, 0.3) is 11.8 Å². The van der Waals surface area contributed by atoms with Crippen molar-refractivity contribution in [3.8, 4) is 0 Å². The van der Waals surface area contributed by atoms with Crippen LogP contribution in [0, 0.1) is 0 Å².